The smallest absolute Gasteiger partial charge is 0.413 e. The van der Waals surface area contributed by atoms with Crippen molar-refractivity contribution in [1.82, 2.24) is 19.5 Å². The van der Waals surface area contributed by atoms with Gasteiger partial charge in [-0.3, -0.25) is 19.5 Å². The molecule has 2 aromatic rings. The molecule has 170 valence electrons. The number of aromatic nitrogens is 3. The fraction of sp³-hybridized carbons (Fsp3) is 0.600. The summed E-state index contributed by atoms with van der Waals surface area (Å²) in [6.07, 6.45) is 0.928. The number of fused-ring (bicyclic) bond motifs is 1. The molecule has 1 saturated carbocycles. The number of halogens is 1. The van der Waals surface area contributed by atoms with E-state index in [9.17, 15) is 19.5 Å². The van der Waals surface area contributed by atoms with Gasteiger partial charge >= 0.3 is 6.09 Å². The lowest BCUT2D eigenvalue weighted by Gasteiger charge is -2.21. The molecule has 11 heteroatoms. The summed E-state index contributed by atoms with van der Waals surface area (Å²) in [6.45, 7) is 11.2. The maximum Gasteiger partial charge on any atom is 0.413 e. The van der Waals surface area contributed by atoms with Crippen LogP contribution in [0.2, 0.25) is 0 Å². The molecule has 0 unspecified atom stereocenters. The zero-order chi connectivity index (χ0) is 23.3. The van der Waals surface area contributed by atoms with Crippen molar-refractivity contribution < 1.29 is 19.4 Å². The zero-order valence-corrected chi connectivity index (χ0v) is 20.1. The minimum Gasteiger partial charge on any atom is -0.492 e. The number of hydrogen-bond donors (Lipinski definition) is 3. The molecule has 3 N–H and O–H groups in total. The summed E-state index contributed by atoms with van der Waals surface area (Å²) >= 11 is 3.37. The number of nitrogens with zero attached hydrogens (tertiary/aromatic N) is 3. The third-order valence-electron chi connectivity index (χ3n) is 4.34. The average molecular weight is 498 g/mol. The highest BCUT2D eigenvalue weighted by molar-refractivity contribution is 9.10. The second-order valence-corrected chi connectivity index (χ2v) is 10.7. The number of anilines is 1. The summed E-state index contributed by atoms with van der Waals surface area (Å²) in [5.74, 6) is -1.20. The Kier molecular flexibility index (Phi) is 5.85. The largest absolute Gasteiger partial charge is 0.492 e. The van der Waals surface area contributed by atoms with Gasteiger partial charge in [-0.1, -0.05) is 20.8 Å². The molecule has 3 rings (SSSR count). The Labute approximate surface area is 188 Å². The van der Waals surface area contributed by atoms with Gasteiger partial charge in [-0.05, 0) is 55.0 Å². The van der Waals surface area contributed by atoms with Gasteiger partial charge in [0.1, 0.15) is 10.1 Å². The first-order valence-corrected chi connectivity index (χ1v) is 10.8. The molecule has 0 bridgehead atoms. The van der Waals surface area contributed by atoms with Crippen molar-refractivity contribution in [3.63, 3.8) is 0 Å². The van der Waals surface area contributed by atoms with Gasteiger partial charge in [0, 0.05) is 12.6 Å². The van der Waals surface area contributed by atoms with E-state index >= 15 is 0 Å². The lowest BCUT2D eigenvalue weighted by Crippen LogP contribution is -2.37. The van der Waals surface area contributed by atoms with Gasteiger partial charge in [-0.25, -0.2) is 4.79 Å². The monoisotopic (exact) mass is 497 g/mol. The molecule has 2 heterocycles. The fourth-order valence-corrected chi connectivity index (χ4v) is 3.55. The third kappa shape index (κ3) is 5.20. The molecule has 0 saturated heterocycles. The van der Waals surface area contributed by atoms with Crippen LogP contribution in [0.4, 0.5) is 10.6 Å². The first-order valence-electron chi connectivity index (χ1n) is 10.0. The SMILES string of the molecule is CC(C)(C)Cn1c(=O)c(C(=O)NC2CC2)c(O)n2nc(NC(=O)OC(C)(C)C)c(Br)c12. The number of carbonyl (C=O) groups excluding carboxylic acids is 2. The Morgan fingerprint density at radius 3 is 2.35 bits per heavy atom. The first kappa shape index (κ1) is 23.1. The van der Waals surface area contributed by atoms with Gasteiger partial charge in [0.05, 0.1) is 0 Å². The summed E-state index contributed by atoms with van der Waals surface area (Å²) < 4.78 is 7.99. The molecule has 0 radical (unpaired) electrons. The Balaban J connectivity index is 2.17. The van der Waals surface area contributed by atoms with Crippen molar-refractivity contribution in [2.24, 2.45) is 5.41 Å². The molecule has 1 fully saturated rings. The second kappa shape index (κ2) is 7.85. The topological polar surface area (TPSA) is 127 Å². The molecule has 10 nitrogen and oxygen atoms in total. The normalized spacial score (nSPS) is 14.5. The van der Waals surface area contributed by atoms with E-state index in [1.165, 1.54) is 4.57 Å². The fourth-order valence-electron chi connectivity index (χ4n) is 2.99. The number of ether oxygens (including phenoxy) is 1. The van der Waals surface area contributed by atoms with Crippen molar-refractivity contribution in [2.75, 3.05) is 5.32 Å². The van der Waals surface area contributed by atoms with Crippen LogP contribution >= 0.6 is 15.9 Å². The predicted octanol–water partition coefficient (Wildman–Crippen LogP) is 3.25. The van der Waals surface area contributed by atoms with Crippen LogP contribution in [0, 0.1) is 5.41 Å². The van der Waals surface area contributed by atoms with Crippen LogP contribution in [-0.2, 0) is 11.3 Å². The van der Waals surface area contributed by atoms with E-state index in [1.54, 1.807) is 20.8 Å². The van der Waals surface area contributed by atoms with E-state index in [4.69, 9.17) is 4.74 Å². The van der Waals surface area contributed by atoms with E-state index in [1.807, 2.05) is 20.8 Å². The standard InChI is InChI=1S/C20H28BrN5O5/c1-19(2,3)9-25-15-12(21)13(23-18(30)31-20(4,5)6)24-26(15)17(29)11(16(25)28)14(27)22-10-7-8-10/h10,29H,7-9H2,1-6H3,(H,22,27)(H,23,24,30). The molecule has 31 heavy (non-hydrogen) atoms. The van der Waals surface area contributed by atoms with E-state index in [2.05, 4.69) is 31.7 Å². The minimum atomic E-state index is -0.743. The number of rotatable bonds is 4. The second-order valence-electron chi connectivity index (χ2n) is 9.92. The predicted molar refractivity (Wildman–Crippen MR) is 119 cm³/mol. The minimum absolute atomic E-state index is 0.00631. The molecule has 2 aromatic heterocycles. The Bertz CT molecular complexity index is 1100. The highest BCUT2D eigenvalue weighted by Gasteiger charge is 2.32. The molecule has 1 aliphatic carbocycles. The van der Waals surface area contributed by atoms with Gasteiger partial charge in [0.15, 0.2) is 17.0 Å². The lowest BCUT2D eigenvalue weighted by atomic mass is 9.97. The average Bonchev–Trinajstić information content (AvgIpc) is 3.33. The van der Waals surface area contributed by atoms with E-state index in [0.717, 1.165) is 17.4 Å². The van der Waals surface area contributed by atoms with E-state index in [-0.39, 0.29) is 39.5 Å². The highest BCUT2D eigenvalue weighted by atomic mass is 79.9. The van der Waals surface area contributed by atoms with Crippen LogP contribution in [0.1, 0.15) is 64.7 Å². The molecule has 0 spiro atoms. The number of carbonyl (C=O) groups is 2. The Hall–Kier alpha value is -2.56. The Morgan fingerprint density at radius 1 is 1.23 bits per heavy atom. The maximum absolute atomic E-state index is 13.3. The van der Waals surface area contributed by atoms with Gasteiger partial charge < -0.3 is 15.2 Å². The number of amides is 2. The summed E-state index contributed by atoms with van der Waals surface area (Å²) in [5, 5.41) is 20.2. The number of hydrogen-bond acceptors (Lipinski definition) is 6. The lowest BCUT2D eigenvalue weighted by molar-refractivity contribution is 0.0634. The van der Waals surface area contributed by atoms with Gasteiger partial charge in [0.25, 0.3) is 11.5 Å². The molecule has 1 aliphatic rings. The van der Waals surface area contributed by atoms with Gasteiger partial charge in [-0.2, -0.15) is 4.52 Å². The van der Waals surface area contributed by atoms with Gasteiger partial charge in [0.2, 0.25) is 5.88 Å². The van der Waals surface area contributed by atoms with Crippen LogP contribution in [0.25, 0.3) is 5.65 Å². The first-order chi connectivity index (χ1) is 14.2. The summed E-state index contributed by atoms with van der Waals surface area (Å²) in [6, 6.07) is 0.00631. The summed E-state index contributed by atoms with van der Waals surface area (Å²) in [4.78, 5) is 38.2. The third-order valence-corrected chi connectivity index (χ3v) is 5.07. The summed E-state index contributed by atoms with van der Waals surface area (Å²) in [7, 11) is 0. The summed E-state index contributed by atoms with van der Waals surface area (Å²) in [5.41, 5.74) is -1.86. The molecular weight excluding hydrogens is 470 g/mol. The van der Waals surface area contributed by atoms with Crippen molar-refractivity contribution in [3.05, 3.63) is 20.4 Å². The molecule has 0 aliphatic heterocycles. The maximum atomic E-state index is 13.3. The van der Waals surface area contributed by atoms with Crippen LogP contribution in [0.15, 0.2) is 9.27 Å². The molecule has 0 atom stereocenters. The molecule has 0 aromatic carbocycles. The van der Waals surface area contributed by atoms with Crippen molar-refractivity contribution in [2.45, 2.75) is 72.6 Å². The van der Waals surface area contributed by atoms with E-state index in [0.29, 0.717) is 0 Å². The zero-order valence-electron chi connectivity index (χ0n) is 18.5. The van der Waals surface area contributed by atoms with Crippen molar-refractivity contribution in [3.8, 4) is 5.88 Å². The Morgan fingerprint density at radius 2 is 1.84 bits per heavy atom. The number of nitrogens with one attached hydrogen (secondary N) is 2. The molecular formula is C20H28BrN5O5. The van der Waals surface area contributed by atoms with Crippen LogP contribution in [0.5, 0.6) is 5.88 Å². The molecule has 2 amide bonds. The van der Waals surface area contributed by atoms with Gasteiger partial charge in [-0.15, -0.1) is 5.10 Å². The van der Waals surface area contributed by atoms with Crippen LogP contribution in [0.3, 0.4) is 0 Å². The van der Waals surface area contributed by atoms with E-state index < -0.39 is 29.0 Å². The van der Waals surface area contributed by atoms with Crippen molar-refractivity contribution >= 4 is 39.4 Å². The van der Waals surface area contributed by atoms with Crippen LogP contribution < -0.4 is 16.2 Å². The quantitative estimate of drug-likeness (QED) is 0.594. The highest BCUT2D eigenvalue weighted by Crippen LogP contribution is 2.32. The number of aromatic hydroxyl groups is 1. The van der Waals surface area contributed by atoms with Crippen molar-refractivity contribution in [1.29, 1.82) is 0 Å². The van der Waals surface area contributed by atoms with Crippen LogP contribution in [-0.4, -0.2) is 42.9 Å².